The molecule has 0 bridgehead atoms. The number of rotatable bonds is 5. The molecule has 6 heteroatoms. The molecule has 17 heavy (non-hydrogen) atoms. The zero-order valence-corrected chi connectivity index (χ0v) is 11.4. The van der Waals surface area contributed by atoms with Gasteiger partial charge in [-0.3, -0.25) is 4.68 Å². The molecule has 0 spiro atoms. The molecule has 1 N–H and O–H groups in total. The number of halogens is 1. The number of hydrogen-bond acceptors (Lipinski definition) is 4. The van der Waals surface area contributed by atoms with Gasteiger partial charge >= 0.3 is 0 Å². The van der Waals surface area contributed by atoms with Gasteiger partial charge in [0, 0.05) is 30.9 Å². The second-order valence-electron chi connectivity index (χ2n) is 3.90. The zero-order valence-electron chi connectivity index (χ0n) is 9.85. The first-order valence-corrected chi connectivity index (χ1v) is 6.68. The summed E-state index contributed by atoms with van der Waals surface area (Å²) in [5.74, 6) is 0.872. The van der Waals surface area contributed by atoms with Crippen LogP contribution in [0, 0.1) is 0 Å². The maximum atomic E-state index is 5.91. The first-order chi connectivity index (χ1) is 8.15. The van der Waals surface area contributed by atoms with Crippen molar-refractivity contribution in [2.24, 2.45) is 7.05 Å². The van der Waals surface area contributed by atoms with Crippen LogP contribution in [-0.4, -0.2) is 21.3 Å². The fourth-order valence-electron chi connectivity index (χ4n) is 1.56. The third-order valence-corrected chi connectivity index (χ3v) is 3.88. The van der Waals surface area contributed by atoms with Crippen LogP contribution in [0.1, 0.15) is 23.7 Å². The minimum atomic E-state index is 0.316. The average molecular weight is 271 g/mol. The first-order valence-electron chi connectivity index (χ1n) is 5.48. The second-order valence-corrected chi connectivity index (χ2v) is 5.65. The van der Waals surface area contributed by atoms with Gasteiger partial charge in [-0.2, -0.15) is 5.10 Å². The van der Waals surface area contributed by atoms with Crippen molar-refractivity contribution in [3.05, 3.63) is 33.5 Å². The summed E-state index contributed by atoms with van der Waals surface area (Å²) in [6, 6.07) is 4.31. The predicted molar refractivity (Wildman–Crippen MR) is 70.5 cm³/mol. The Kier molecular flexibility index (Phi) is 4.15. The molecule has 0 aliphatic carbocycles. The Labute approximate surface area is 110 Å². The van der Waals surface area contributed by atoms with Crippen LogP contribution in [0.25, 0.3) is 0 Å². The number of hydrogen-bond donors (Lipinski definition) is 1. The second kappa shape index (κ2) is 5.62. The monoisotopic (exact) mass is 270 g/mol. The van der Waals surface area contributed by atoms with Crippen LogP contribution in [0.4, 0.5) is 0 Å². The number of thiophene rings is 1. The van der Waals surface area contributed by atoms with Crippen molar-refractivity contribution < 1.29 is 0 Å². The van der Waals surface area contributed by atoms with E-state index < -0.39 is 0 Å². The van der Waals surface area contributed by atoms with Crippen molar-refractivity contribution >= 4 is 22.9 Å². The zero-order chi connectivity index (χ0) is 12.3. The minimum absolute atomic E-state index is 0.316. The highest BCUT2D eigenvalue weighted by Gasteiger charge is 2.07. The minimum Gasteiger partial charge on any atom is -0.309 e. The first kappa shape index (κ1) is 12.5. The van der Waals surface area contributed by atoms with E-state index in [0.717, 1.165) is 23.1 Å². The van der Waals surface area contributed by atoms with Gasteiger partial charge in [0.25, 0.3) is 0 Å². The molecule has 4 nitrogen and oxygen atoms in total. The summed E-state index contributed by atoms with van der Waals surface area (Å²) in [6.45, 7) is 2.99. The van der Waals surface area contributed by atoms with E-state index in [2.05, 4.69) is 28.4 Å². The molecule has 1 atom stereocenters. The van der Waals surface area contributed by atoms with E-state index >= 15 is 0 Å². The van der Waals surface area contributed by atoms with Gasteiger partial charge in [-0.1, -0.05) is 11.6 Å². The Balaban J connectivity index is 1.78. The van der Waals surface area contributed by atoms with E-state index in [-0.39, 0.29) is 0 Å². The van der Waals surface area contributed by atoms with Crippen molar-refractivity contribution in [3.63, 3.8) is 0 Å². The molecule has 0 fully saturated rings. The normalized spacial score (nSPS) is 12.9. The number of nitrogens with one attached hydrogen (secondary N) is 1. The molecule has 0 amide bonds. The Morgan fingerprint density at radius 2 is 2.35 bits per heavy atom. The molecule has 0 saturated carbocycles. The molecule has 2 rings (SSSR count). The summed E-state index contributed by atoms with van der Waals surface area (Å²) in [6.07, 6.45) is 2.56. The topological polar surface area (TPSA) is 42.7 Å². The van der Waals surface area contributed by atoms with Crippen molar-refractivity contribution in [2.75, 3.05) is 6.54 Å². The van der Waals surface area contributed by atoms with E-state index in [1.165, 1.54) is 4.88 Å². The van der Waals surface area contributed by atoms with Crippen LogP contribution in [0.3, 0.4) is 0 Å². The standard InChI is InChI=1S/C11H15ClN4S/c1-8(9-3-4-10(12)17-9)13-6-5-11-14-7-16(2)15-11/h3-4,7-8,13H,5-6H2,1-2H3. The highest BCUT2D eigenvalue weighted by Crippen LogP contribution is 2.26. The number of aromatic nitrogens is 3. The van der Waals surface area contributed by atoms with Crippen LogP contribution in [-0.2, 0) is 13.5 Å². The highest BCUT2D eigenvalue weighted by molar-refractivity contribution is 7.16. The summed E-state index contributed by atoms with van der Waals surface area (Å²) in [7, 11) is 1.88. The van der Waals surface area contributed by atoms with Crippen LogP contribution in [0.15, 0.2) is 18.5 Å². The molecular formula is C11H15ClN4S. The number of aryl methyl sites for hydroxylation is 1. The lowest BCUT2D eigenvalue weighted by Crippen LogP contribution is -2.21. The average Bonchev–Trinajstić information content (AvgIpc) is 2.88. The van der Waals surface area contributed by atoms with Crippen LogP contribution >= 0.6 is 22.9 Å². The number of nitrogens with zero attached hydrogens (tertiary/aromatic N) is 3. The SMILES string of the molecule is CC(NCCc1ncn(C)n1)c1ccc(Cl)s1. The molecule has 1 unspecified atom stereocenters. The van der Waals surface area contributed by atoms with Gasteiger partial charge in [0.2, 0.25) is 0 Å². The predicted octanol–water partition coefficient (Wildman–Crippen LogP) is 2.42. The molecular weight excluding hydrogens is 256 g/mol. The van der Waals surface area contributed by atoms with Gasteiger partial charge < -0.3 is 5.32 Å². The van der Waals surface area contributed by atoms with Crippen LogP contribution in [0.2, 0.25) is 4.34 Å². The van der Waals surface area contributed by atoms with E-state index in [1.54, 1.807) is 22.3 Å². The van der Waals surface area contributed by atoms with Gasteiger partial charge in [-0.15, -0.1) is 11.3 Å². The van der Waals surface area contributed by atoms with Crippen LogP contribution < -0.4 is 5.32 Å². The fourth-order valence-corrected chi connectivity index (χ4v) is 2.65. The lowest BCUT2D eigenvalue weighted by Gasteiger charge is -2.10. The highest BCUT2D eigenvalue weighted by atomic mass is 35.5. The van der Waals surface area contributed by atoms with Crippen molar-refractivity contribution in [2.45, 2.75) is 19.4 Å². The van der Waals surface area contributed by atoms with Crippen molar-refractivity contribution in [1.29, 1.82) is 0 Å². The molecule has 0 aromatic carbocycles. The third kappa shape index (κ3) is 3.52. The molecule has 0 radical (unpaired) electrons. The molecule has 2 heterocycles. The maximum absolute atomic E-state index is 5.91. The van der Waals surface area contributed by atoms with Gasteiger partial charge in [0.15, 0.2) is 5.82 Å². The summed E-state index contributed by atoms with van der Waals surface area (Å²) in [5.41, 5.74) is 0. The third-order valence-electron chi connectivity index (χ3n) is 2.47. The molecule has 0 aliphatic rings. The van der Waals surface area contributed by atoms with Gasteiger partial charge in [0.1, 0.15) is 6.33 Å². The molecule has 2 aromatic rings. The Hall–Kier alpha value is -0.910. The fraction of sp³-hybridized carbons (Fsp3) is 0.455. The molecule has 92 valence electrons. The summed E-state index contributed by atoms with van der Waals surface area (Å²) in [4.78, 5) is 5.44. The van der Waals surface area contributed by atoms with Crippen LogP contribution in [0.5, 0.6) is 0 Å². The Morgan fingerprint density at radius 1 is 1.53 bits per heavy atom. The summed E-state index contributed by atoms with van der Waals surface area (Å²) < 4.78 is 2.55. The van der Waals surface area contributed by atoms with Gasteiger partial charge in [-0.05, 0) is 19.1 Å². The smallest absolute Gasteiger partial charge is 0.151 e. The maximum Gasteiger partial charge on any atom is 0.151 e. The van der Waals surface area contributed by atoms with Gasteiger partial charge in [0.05, 0.1) is 4.34 Å². The summed E-state index contributed by atoms with van der Waals surface area (Å²) >= 11 is 7.52. The summed E-state index contributed by atoms with van der Waals surface area (Å²) in [5, 5.41) is 7.66. The Morgan fingerprint density at radius 3 is 2.94 bits per heavy atom. The van der Waals surface area contributed by atoms with Gasteiger partial charge in [-0.25, -0.2) is 4.98 Å². The van der Waals surface area contributed by atoms with Crippen molar-refractivity contribution in [3.8, 4) is 0 Å². The van der Waals surface area contributed by atoms with E-state index in [1.807, 2.05) is 13.1 Å². The molecule has 2 aromatic heterocycles. The van der Waals surface area contributed by atoms with E-state index in [4.69, 9.17) is 11.6 Å². The molecule has 0 saturated heterocycles. The molecule has 0 aliphatic heterocycles. The van der Waals surface area contributed by atoms with Crippen molar-refractivity contribution in [1.82, 2.24) is 20.1 Å². The van der Waals surface area contributed by atoms with E-state index in [9.17, 15) is 0 Å². The largest absolute Gasteiger partial charge is 0.309 e. The lowest BCUT2D eigenvalue weighted by molar-refractivity contribution is 0.575. The lowest BCUT2D eigenvalue weighted by atomic mass is 10.2. The Bertz CT molecular complexity index is 479. The quantitative estimate of drug-likeness (QED) is 0.907. The van der Waals surface area contributed by atoms with E-state index in [0.29, 0.717) is 6.04 Å².